The molecule has 0 saturated carbocycles. The van der Waals surface area contributed by atoms with E-state index in [1.165, 1.54) is 0 Å². The Bertz CT molecular complexity index is 551. The number of hydrogen-bond acceptors (Lipinski definition) is 4. The molecule has 1 heterocycles. The summed E-state index contributed by atoms with van der Waals surface area (Å²) in [7, 11) is 0. The topological polar surface area (TPSA) is 51.0 Å². The molecule has 1 aromatic heterocycles. The van der Waals surface area contributed by atoms with Crippen LogP contribution in [0.4, 0.5) is 13.2 Å². The van der Waals surface area contributed by atoms with Crippen molar-refractivity contribution < 1.29 is 17.7 Å². The van der Waals surface area contributed by atoms with Gasteiger partial charge in [0.1, 0.15) is 0 Å². The Balaban J connectivity index is 2.02. The Hall–Kier alpha value is -1.89. The number of nitrogens with one attached hydrogen (secondary N) is 1. The Kier molecular flexibility index (Phi) is 3.84. The van der Waals surface area contributed by atoms with Gasteiger partial charge in [0, 0.05) is 5.56 Å². The highest BCUT2D eigenvalue weighted by Gasteiger charge is 2.26. The zero-order valence-corrected chi connectivity index (χ0v) is 10.2. The van der Waals surface area contributed by atoms with E-state index in [9.17, 15) is 13.2 Å². The maximum Gasteiger partial charge on any atom is 0.401 e. The van der Waals surface area contributed by atoms with Gasteiger partial charge in [0.05, 0.1) is 13.1 Å². The second-order valence-corrected chi connectivity index (χ2v) is 4.05. The molecule has 0 atom stereocenters. The van der Waals surface area contributed by atoms with Crippen LogP contribution in [0.25, 0.3) is 11.4 Å². The van der Waals surface area contributed by atoms with Crippen LogP contribution in [0.15, 0.2) is 28.8 Å². The van der Waals surface area contributed by atoms with Crippen molar-refractivity contribution in [3.05, 3.63) is 35.7 Å². The minimum absolute atomic E-state index is 0.113. The minimum atomic E-state index is -4.25. The summed E-state index contributed by atoms with van der Waals surface area (Å²) in [6.45, 7) is 0.695. The highest BCUT2D eigenvalue weighted by molar-refractivity contribution is 5.58. The Morgan fingerprint density at radius 2 is 2.00 bits per heavy atom. The molecule has 0 bridgehead atoms. The zero-order valence-electron chi connectivity index (χ0n) is 10.2. The van der Waals surface area contributed by atoms with Gasteiger partial charge in [0.2, 0.25) is 11.7 Å². The summed E-state index contributed by atoms with van der Waals surface area (Å²) in [5.74, 6) is 0.504. The van der Waals surface area contributed by atoms with Crippen LogP contribution in [0.1, 0.15) is 11.5 Å². The van der Waals surface area contributed by atoms with E-state index in [1.807, 2.05) is 31.2 Å². The van der Waals surface area contributed by atoms with Crippen LogP contribution in [0, 0.1) is 6.92 Å². The fraction of sp³-hybridized carbons (Fsp3) is 0.333. The standard InChI is InChI=1S/C12H12F3N3O/c1-8-4-2-3-5-9(8)11-17-10(19-18-11)6-16-7-12(13,14)15/h2-5,16H,6-7H2,1H3. The predicted octanol–water partition coefficient (Wildman–Crippen LogP) is 2.70. The second kappa shape index (κ2) is 5.40. The molecule has 2 rings (SSSR count). The highest BCUT2D eigenvalue weighted by Crippen LogP contribution is 2.19. The molecule has 7 heteroatoms. The van der Waals surface area contributed by atoms with E-state index < -0.39 is 12.7 Å². The van der Waals surface area contributed by atoms with Crippen molar-refractivity contribution in [3.8, 4) is 11.4 Å². The molecular formula is C12H12F3N3O. The van der Waals surface area contributed by atoms with Crippen LogP contribution in [0.5, 0.6) is 0 Å². The summed E-state index contributed by atoms with van der Waals surface area (Å²) < 4.78 is 40.8. The van der Waals surface area contributed by atoms with Gasteiger partial charge in [0.15, 0.2) is 0 Å². The molecule has 4 nitrogen and oxygen atoms in total. The number of alkyl halides is 3. The van der Waals surface area contributed by atoms with E-state index in [-0.39, 0.29) is 12.4 Å². The molecule has 2 aromatic rings. The molecule has 102 valence electrons. The summed E-state index contributed by atoms with van der Waals surface area (Å²) in [6, 6.07) is 7.44. The monoisotopic (exact) mass is 271 g/mol. The summed E-state index contributed by atoms with van der Waals surface area (Å²) >= 11 is 0. The summed E-state index contributed by atoms with van der Waals surface area (Å²) in [4.78, 5) is 4.05. The van der Waals surface area contributed by atoms with Crippen molar-refractivity contribution in [1.29, 1.82) is 0 Å². The van der Waals surface area contributed by atoms with E-state index >= 15 is 0 Å². The molecule has 0 spiro atoms. The third-order valence-electron chi connectivity index (χ3n) is 2.46. The minimum Gasteiger partial charge on any atom is -0.338 e. The molecule has 19 heavy (non-hydrogen) atoms. The Labute approximate surface area is 107 Å². The van der Waals surface area contributed by atoms with E-state index in [4.69, 9.17) is 4.52 Å². The largest absolute Gasteiger partial charge is 0.401 e. The predicted molar refractivity (Wildman–Crippen MR) is 62.2 cm³/mol. The van der Waals surface area contributed by atoms with Crippen LogP contribution in [0.2, 0.25) is 0 Å². The second-order valence-electron chi connectivity index (χ2n) is 4.05. The summed E-state index contributed by atoms with van der Waals surface area (Å²) in [5.41, 5.74) is 1.77. The van der Waals surface area contributed by atoms with Gasteiger partial charge < -0.3 is 9.84 Å². The van der Waals surface area contributed by atoms with Crippen LogP contribution >= 0.6 is 0 Å². The van der Waals surface area contributed by atoms with Gasteiger partial charge in [-0.05, 0) is 12.5 Å². The molecular weight excluding hydrogens is 259 g/mol. The van der Waals surface area contributed by atoms with E-state index in [2.05, 4.69) is 15.5 Å². The van der Waals surface area contributed by atoms with Gasteiger partial charge in [-0.25, -0.2) is 0 Å². The van der Waals surface area contributed by atoms with Gasteiger partial charge in [-0.15, -0.1) is 0 Å². The average molecular weight is 271 g/mol. The molecule has 0 unspecified atom stereocenters. The normalized spacial score (nSPS) is 11.8. The van der Waals surface area contributed by atoms with E-state index in [1.54, 1.807) is 0 Å². The molecule has 0 aliphatic heterocycles. The first kappa shape index (κ1) is 13.5. The lowest BCUT2D eigenvalue weighted by Crippen LogP contribution is -2.28. The van der Waals surface area contributed by atoms with E-state index in [0.717, 1.165) is 11.1 Å². The van der Waals surface area contributed by atoms with Crippen LogP contribution in [0.3, 0.4) is 0 Å². The molecule has 0 aliphatic carbocycles. The highest BCUT2D eigenvalue weighted by atomic mass is 19.4. The Morgan fingerprint density at radius 3 is 2.68 bits per heavy atom. The van der Waals surface area contributed by atoms with Crippen LogP contribution in [-0.2, 0) is 6.54 Å². The molecule has 0 fully saturated rings. The molecule has 1 aromatic carbocycles. The fourth-order valence-corrected chi connectivity index (χ4v) is 1.57. The number of aryl methyl sites for hydroxylation is 1. The van der Waals surface area contributed by atoms with Gasteiger partial charge >= 0.3 is 6.18 Å². The van der Waals surface area contributed by atoms with Crippen molar-refractivity contribution in [2.45, 2.75) is 19.6 Å². The number of benzene rings is 1. The third kappa shape index (κ3) is 3.78. The number of hydrogen-bond donors (Lipinski definition) is 1. The number of halogens is 3. The first-order valence-corrected chi connectivity index (χ1v) is 5.62. The van der Waals surface area contributed by atoms with E-state index in [0.29, 0.717) is 5.82 Å². The summed E-state index contributed by atoms with van der Waals surface area (Å²) in [5, 5.41) is 5.95. The molecule has 0 aliphatic rings. The van der Waals surface area contributed by atoms with Gasteiger partial charge in [-0.3, -0.25) is 0 Å². The molecule has 0 radical (unpaired) electrons. The van der Waals surface area contributed by atoms with Crippen molar-refractivity contribution in [2.24, 2.45) is 0 Å². The molecule has 1 N–H and O–H groups in total. The van der Waals surface area contributed by atoms with Crippen LogP contribution < -0.4 is 5.32 Å². The van der Waals surface area contributed by atoms with Crippen molar-refractivity contribution in [2.75, 3.05) is 6.54 Å². The maximum atomic E-state index is 12.0. The third-order valence-corrected chi connectivity index (χ3v) is 2.46. The lowest BCUT2D eigenvalue weighted by atomic mass is 10.1. The number of rotatable bonds is 4. The zero-order chi connectivity index (χ0) is 13.9. The Morgan fingerprint density at radius 1 is 1.26 bits per heavy atom. The first-order chi connectivity index (χ1) is 8.96. The van der Waals surface area contributed by atoms with Gasteiger partial charge in [0.25, 0.3) is 0 Å². The van der Waals surface area contributed by atoms with Gasteiger partial charge in [-0.2, -0.15) is 18.2 Å². The lowest BCUT2D eigenvalue weighted by molar-refractivity contribution is -0.125. The lowest BCUT2D eigenvalue weighted by Gasteiger charge is -2.05. The first-order valence-electron chi connectivity index (χ1n) is 5.62. The number of nitrogens with zero attached hydrogens (tertiary/aromatic N) is 2. The SMILES string of the molecule is Cc1ccccc1-c1noc(CNCC(F)(F)F)n1. The van der Waals surface area contributed by atoms with Crippen molar-refractivity contribution in [3.63, 3.8) is 0 Å². The maximum absolute atomic E-state index is 12.0. The van der Waals surface area contributed by atoms with Crippen molar-refractivity contribution in [1.82, 2.24) is 15.5 Å². The quantitative estimate of drug-likeness (QED) is 0.928. The fourth-order valence-electron chi connectivity index (χ4n) is 1.57. The van der Waals surface area contributed by atoms with Gasteiger partial charge in [-0.1, -0.05) is 29.4 Å². The average Bonchev–Trinajstić information content (AvgIpc) is 2.76. The van der Waals surface area contributed by atoms with Crippen molar-refractivity contribution >= 4 is 0 Å². The number of aromatic nitrogens is 2. The van der Waals surface area contributed by atoms with Crippen LogP contribution in [-0.4, -0.2) is 22.9 Å². The summed E-state index contributed by atoms with van der Waals surface area (Å²) in [6.07, 6.45) is -4.25. The smallest absolute Gasteiger partial charge is 0.338 e. The molecule has 0 amide bonds. The molecule has 0 saturated heterocycles.